The first-order valence-electron chi connectivity index (χ1n) is 9.25. The van der Waals surface area contributed by atoms with Gasteiger partial charge < -0.3 is 10.1 Å². The van der Waals surface area contributed by atoms with Gasteiger partial charge in [0.15, 0.2) is 0 Å². The number of nitrogens with zero attached hydrogens (tertiary/aromatic N) is 1. The Bertz CT molecular complexity index is 1040. The number of carbonyl (C=O) groups is 1. The van der Waals surface area contributed by atoms with E-state index in [9.17, 15) is 9.70 Å². The van der Waals surface area contributed by atoms with Gasteiger partial charge in [-0.1, -0.05) is 59.2 Å². The van der Waals surface area contributed by atoms with Crippen molar-refractivity contribution in [1.82, 2.24) is 0 Å². The molecule has 3 aromatic carbocycles. The third-order valence-electron chi connectivity index (χ3n) is 4.58. The fourth-order valence-electron chi connectivity index (χ4n) is 3.14. The van der Waals surface area contributed by atoms with E-state index in [1.165, 1.54) is 0 Å². The van der Waals surface area contributed by atoms with Crippen molar-refractivity contribution >= 4 is 28.9 Å². The van der Waals surface area contributed by atoms with Gasteiger partial charge in [-0.25, -0.2) is 4.79 Å². The van der Waals surface area contributed by atoms with Gasteiger partial charge in [0.2, 0.25) is 0 Å². The number of ether oxygens (including phenoxy) is 1. The number of nitroso groups, excluding NO2 is 1. The Labute approximate surface area is 174 Å². The number of benzene rings is 3. The van der Waals surface area contributed by atoms with Crippen molar-refractivity contribution < 1.29 is 9.53 Å². The Balaban J connectivity index is 1.90. The highest BCUT2D eigenvalue weighted by molar-refractivity contribution is 6.31. The summed E-state index contributed by atoms with van der Waals surface area (Å²) in [5.41, 5.74) is 4.14. The van der Waals surface area contributed by atoms with Gasteiger partial charge in [0.1, 0.15) is 6.04 Å². The standard InChI is InChI=1S/C23H21ClN2O3/c1-3-29-23(27)19-10-6-7-11-21(19)25-16-12-13-18(20(24)14-16)22(26-28)17-9-5-4-8-15(17)2/h4-14,22,25H,3H2,1-2H3. The summed E-state index contributed by atoms with van der Waals surface area (Å²) in [6, 6.07) is 19.3. The lowest BCUT2D eigenvalue weighted by Crippen LogP contribution is -2.08. The van der Waals surface area contributed by atoms with Crippen LogP contribution in [0.5, 0.6) is 0 Å². The van der Waals surface area contributed by atoms with E-state index in [0.29, 0.717) is 34.1 Å². The highest BCUT2D eigenvalue weighted by Gasteiger charge is 2.20. The van der Waals surface area contributed by atoms with Crippen LogP contribution in [0.4, 0.5) is 11.4 Å². The Hall–Kier alpha value is -3.18. The molecule has 0 heterocycles. The number of esters is 1. The first-order valence-corrected chi connectivity index (χ1v) is 9.63. The smallest absolute Gasteiger partial charge is 0.340 e. The van der Waals surface area contributed by atoms with E-state index >= 15 is 0 Å². The van der Waals surface area contributed by atoms with Gasteiger partial charge in [-0.05, 0) is 49.2 Å². The fourth-order valence-corrected chi connectivity index (χ4v) is 3.42. The molecule has 0 aliphatic rings. The normalized spacial score (nSPS) is 11.6. The molecule has 3 aromatic rings. The van der Waals surface area contributed by atoms with Crippen LogP contribution in [0.1, 0.15) is 40.0 Å². The zero-order valence-electron chi connectivity index (χ0n) is 16.2. The Morgan fingerprint density at radius 2 is 1.79 bits per heavy atom. The highest BCUT2D eigenvalue weighted by Crippen LogP contribution is 2.35. The number of para-hydroxylation sites is 1. The van der Waals surface area contributed by atoms with E-state index in [2.05, 4.69) is 10.5 Å². The van der Waals surface area contributed by atoms with Crippen molar-refractivity contribution in [2.75, 3.05) is 11.9 Å². The van der Waals surface area contributed by atoms with Crippen molar-refractivity contribution in [3.8, 4) is 0 Å². The number of nitrogens with one attached hydrogen (secondary N) is 1. The molecule has 0 fully saturated rings. The molecule has 0 aliphatic heterocycles. The van der Waals surface area contributed by atoms with Crippen LogP contribution in [-0.4, -0.2) is 12.6 Å². The molecule has 0 radical (unpaired) electrons. The predicted octanol–water partition coefficient (Wildman–Crippen LogP) is 6.42. The maximum absolute atomic E-state index is 12.2. The summed E-state index contributed by atoms with van der Waals surface area (Å²) in [6.45, 7) is 3.99. The minimum atomic E-state index is -0.690. The maximum atomic E-state index is 12.2. The summed E-state index contributed by atoms with van der Waals surface area (Å²) < 4.78 is 5.10. The summed E-state index contributed by atoms with van der Waals surface area (Å²) in [4.78, 5) is 23.8. The SMILES string of the molecule is CCOC(=O)c1ccccc1Nc1ccc(C(N=O)c2ccccc2C)c(Cl)c1. The van der Waals surface area contributed by atoms with E-state index < -0.39 is 12.0 Å². The van der Waals surface area contributed by atoms with Crippen LogP contribution in [-0.2, 0) is 4.74 Å². The number of hydrogen-bond donors (Lipinski definition) is 1. The largest absolute Gasteiger partial charge is 0.462 e. The molecule has 0 saturated heterocycles. The van der Waals surface area contributed by atoms with Gasteiger partial charge in [0.05, 0.1) is 17.9 Å². The van der Waals surface area contributed by atoms with E-state index in [1.807, 2.05) is 37.3 Å². The molecule has 148 valence electrons. The molecule has 0 bridgehead atoms. The third-order valence-corrected chi connectivity index (χ3v) is 4.91. The monoisotopic (exact) mass is 408 g/mol. The van der Waals surface area contributed by atoms with Crippen LogP contribution >= 0.6 is 11.6 Å². The second-order valence-electron chi connectivity index (χ2n) is 6.49. The molecule has 1 atom stereocenters. The zero-order valence-corrected chi connectivity index (χ0v) is 16.9. The number of hydrogen-bond acceptors (Lipinski definition) is 5. The molecule has 0 amide bonds. The first kappa shape index (κ1) is 20.6. The minimum Gasteiger partial charge on any atom is -0.462 e. The third kappa shape index (κ3) is 4.63. The maximum Gasteiger partial charge on any atom is 0.340 e. The number of aryl methyl sites for hydroxylation is 1. The zero-order chi connectivity index (χ0) is 20.8. The van der Waals surface area contributed by atoms with Crippen molar-refractivity contribution in [3.63, 3.8) is 0 Å². The van der Waals surface area contributed by atoms with Crippen LogP contribution in [0.3, 0.4) is 0 Å². The van der Waals surface area contributed by atoms with Gasteiger partial charge in [-0.2, -0.15) is 0 Å². The molecule has 3 rings (SSSR count). The molecule has 29 heavy (non-hydrogen) atoms. The lowest BCUT2D eigenvalue weighted by atomic mass is 9.95. The van der Waals surface area contributed by atoms with Gasteiger partial charge >= 0.3 is 5.97 Å². The van der Waals surface area contributed by atoms with Gasteiger partial charge in [-0.15, -0.1) is 4.91 Å². The second kappa shape index (κ2) is 9.34. The average Bonchev–Trinajstić information content (AvgIpc) is 2.72. The number of anilines is 2. The van der Waals surface area contributed by atoms with E-state index in [1.54, 1.807) is 43.3 Å². The molecule has 6 heteroatoms. The van der Waals surface area contributed by atoms with Crippen molar-refractivity contribution in [1.29, 1.82) is 0 Å². The average molecular weight is 409 g/mol. The van der Waals surface area contributed by atoms with Crippen molar-refractivity contribution in [3.05, 3.63) is 98.9 Å². The molecular formula is C23H21ClN2O3. The predicted molar refractivity (Wildman–Crippen MR) is 116 cm³/mol. The summed E-state index contributed by atoms with van der Waals surface area (Å²) in [7, 11) is 0. The molecular weight excluding hydrogens is 388 g/mol. The summed E-state index contributed by atoms with van der Waals surface area (Å²) in [5.74, 6) is -0.400. The van der Waals surface area contributed by atoms with E-state index in [0.717, 1.165) is 11.1 Å². The van der Waals surface area contributed by atoms with Crippen molar-refractivity contribution in [2.24, 2.45) is 5.18 Å². The Morgan fingerprint density at radius 3 is 2.48 bits per heavy atom. The second-order valence-corrected chi connectivity index (χ2v) is 6.90. The van der Waals surface area contributed by atoms with Crippen LogP contribution in [0, 0.1) is 11.8 Å². The van der Waals surface area contributed by atoms with Crippen molar-refractivity contribution in [2.45, 2.75) is 19.9 Å². The van der Waals surface area contributed by atoms with Crippen LogP contribution in [0.2, 0.25) is 5.02 Å². The highest BCUT2D eigenvalue weighted by atomic mass is 35.5. The van der Waals surface area contributed by atoms with Gasteiger partial charge in [0, 0.05) is 16.3 Å². The van der Waals surface area contributed by atoms with Crippen LogP contribution < -0.4 is 5.32 Å². The van der Waals surface area contributed by atoms with Gasteiger partial charge in [-0.3, -0.25) is 0 Å². The molecule has 0 spiro atoms. The fraction of sp³-hybridized carbons (Fsp3) is 0.174. The number of rotatable bonds is 7. The summed E-state index contributed by atoms with van der Waals surface area (Å²) in [5, 5.41) is 6.91. The lowest BCUT2D eigenvalue weighted by molar-refractivity contribution is 0.0527. The molecule has 5 nitrogen and oxygen atoms in total. The number of carbonyl (C=O) groups excluding carboxylic acids is 1. The van der Waals surface area contributed by atoms with Crippen LogP contribution in [0.15, 0.2) is 71.9 Å². The Kier molecular flexibility index (Phi) is 6.62. The van der Waals surface area contributed by atoms with Gasteiger partial charge in [0.25, 0.3) is 0 Å². The number of halogens is 1. The van der Waals surface area contributed by atoms with E-state index in [4.69, 9.17) is 16.3 Å². The molecule has 1 unspecified atom stereocenters. The molecule has 0 aromatic heterocycles. The quantitative estimate of drug-likeness (QED) is 0.361. The first-order chi connectivity index (χ1) is 14.0. The topological polar surface area (TPSA) is 67.8 Å². The lowest BCUT2D eigenvalue weighted by Gasteiger charge is -2.16. The minimum absolute atomic E-state index is 0.298. The van der Waals surface area contributed by atoms with E-state index in [-0.39, 0.29) is 0 Å². The molecule has 1 N–H and O–H groups in total. The van der Waals surface area contributed by atoms with Crippen LogP contribution in [0.25, 0.3) is 0 Å². The Morgan fingerprint density at radius 1 is 1.07 bits per heavy atom. The molecule has 0 saturated carbocycles. The summed E-state index contributed by atoms with van der Waals surface area (Å²) in [6.07, 6.45) is 0. The molecule has 0 aliphatic carbocycles. The summed E-state index contributed by atoms with van der Waals surface area (Å²) >= 11 is 6.49.